The van der Waals surface area contributed by atoms with Gasteiger partial charge in [-0.05, 0) is 20.9 Å². The van der Waals surface area contributed by atoms with Gasteiger partial charge in [0.1, 0.15) is 0 Å². The van der Waals surface area contributed by atoms with E-state index in [2.05, 4.69) is 18.9 Å². The summed E-state index contributed by atoms with van der Waals surface area (Å²) in [5.74, 6) is 0.155. The van der Waals surface area contributed by atoms with Crippen molar-refractivity contribution < 1.29 is 9.53 Å². The van der Waals surface area contributed by atoms with Crippen molar-refractivity contribution >= 4 is 5.91 Å². The molecule has 0 aromatic heterocycles. The van der Waals surface area contributed by atoms with Gasteiger partial charge in [-0.3, -0.25) is 4.79 Å². The second kappa shape index (κ2) is 4.55. The molecule has 0 radical (unpaired) electrons. The van der Waals surface area contributed by atoms with Gasteiger partial charge in [-0.1, -0.05) is 0 Å². The van der Waals surface area contributed by atoms with Crippen LogP contribution < -0.4 is 5.73 Å². The van der Waals surface area contributed by atoms with Crippen molar-refractivity contribution in [1.82, 2.24) is 9.80 Å². The van der Waals surface area contributed by atoms with E-state index in [1.165, 1.54) is 0 Å². The van der Waals surface area contributed by atoms with Gasteiger partial charge >= 0.3 is 0 Å². The van der Waals surface area contributed by atoms with E-state index in [0.717, 1.165) is 19.6 Å². The molecule has 17 heavy (non-hydrogen) atoms. The number of nitrogens with two attached hydrogens (primary N) is 1. The summed E-state index contributed by atoms with van der Waals surface area (Å²) in [7, 11) is 2.10. The van der Waals surface area contributed by atoms with E-state index in [4.69, 9.17) is 10.5 Å². The maximum atomic E-state index is 12.5. The third kappa shape index (κ3) is 2.19. The third-order valence-corrected chi connectivity index (χ3v) is 4.25. The molecule has 3 atom stereocenters. The minimum absolute atomic E-state index is 0.155. The highest BCUT2D eigenvalue weighted by Crippen LogP contribution is 2.30. The maximum Gasteiger partial charge on any atom is 0.232 e. The lowest BCUT2D eigenvalue weighted by Crippen LogP contribution is -2.58. The van der Waals surface area contributed by atoms with Crippen LogP contribution in [0, 0.1) is 5.41 Å². The molecule has 0 spiro atoms. The van der Waals surface area contributed by atoms with Crippen LogP contribution in [-0.2, 0) is 9.53 Å². The van der Waals surface area contributed by atoms with E-state index < -0.39 is 5.41 Å². The first-order chi connectivity index (χ1) is 7.95. The Morgan fingerprint density at radius 1 is 1.47 bits per heavy atom. The zero-order valence-electron chi connectivity index (χ0n) is 11.0. The molecule has 5 nitrogen and oxygen atoms in total. The van der Waals surface area contributed by atoms with Crippen molar-refractivity contribution in [2.45, 2.75) is 25.9 Å². The highest BCUT2D eigenvalue weighted by molar-refractivity contribution is 5.84. The lowest BCUT2D eigenvalue weighted by atomic mass is 9.84. The summed E-state index contributed by atoms with van der Waals surface area (Å²) < 4.78 is 5.35. The SMILES string of the molecule is CC1CN(C(=O)C2(C)COCC2N)CCN1C. The quantitative estimate of drug-likeness (QED) is 0.673. The average molecular weight is 241 g/mol. The minimum atomic E-state index is -0.532. The fraction of sp³-hybridized carbons (Fsp3) is 0.917. The topological polar surface area (TPSA) is 58.8 Å². The second-order valence-corrected chi connectivity index (χ2v) is 5.62. The molecule has 5 heteroatoms. The van der Waals surface area contributed by atoms with Crippen molar-refractivity contribution in [3.8, 4) is 0 Å². The summed E-state index contributed by atoms with van der Waals surface area (Å²) >= 11 is 0. The van der Waals surface area contributed by atoms with E-state index in [9.17, 15) is 4.79 Å². The predicted octanol–water partition coefficient (Wildman–Crippen LogP) is -0.487. The predicted molar refractivity (Wildman–Crippen MR) is 65.6 cm³/mol. The minimum Gasteiger partial charge on any atom is -0.379 e. The van der Waals surface area contributed by atoms with E-state index >= 15 is 0 Å². The summed E-state index contributed by atoms with van der Waals surface area (Å²) in [4.78, 5) is 16.8. The second-order valence-electron chi connectivity index (χ2n) is 5.62. The summed E-state index contributed by atoms with van der Waals surface area (Å²) in [6.45, 7) is 7.53. The van der Waals surface area contributed by atoms with Crippen molar-refractivity contribution in [3.05, 3.63) is 0 Å². The van der Waals surface area contributed by atoms with Crippen molar-refractivity contribution in [2.75, 3.05) is 39.9 Å². The Bertz CT molecular complexity index is 310. The first-order valence-corrected chi connectivity index (χ1v) is 6.28. The summed E-state index contributed by atoms with van der Waals surface area (Å²) in [6.07, 6.45) is 0. The molecule has 0 aliphatic carbocycles. The first-order valence-electron chi connectivity index (χ1n) is 6.28. The Labute approximate surface area is 103 Å². The molecule has 2 fully saturated rings. The molecule has 0 bridgehead atoms. The van der Waals surface area contributed by atoms with Gasteiger partial charge in [-0.25, -0.2) is 0 Å². The lowest BCUT2D eigenvalue weighted by molar-refractivity contribution is -0.144. The van der Waals surface area contributed by atoms with Gasteiger partial charge in [0.2, 0.25) is 5.91 Å². The molecule has 1 amide bonds. The van der Waals surface area contributed by atoms with E-state index in [1.54, 1.807) is 0 Å². The maximum absolute atomic E-state index is 12.5. The molecular formula is C12H23N3O2. The van der Waals surface area contributed by atoms with E-state index in [1.807, 2.05) is 11.8 Å². The lowest BCUT2D eigenvalue weighted by Gasteiger charge is -2.41. The fourth-order valence-corrected chi connectivity index (χ4v) is 2.50. The highest BCUT2D eigenvalue weighted by atomic mass is 16.5. The molecule has 3 unspecified atom stereocenters. The van der Waals surface area contributed by atoms with Crippen LogP contribution in [0.5, 0.6) is 0 Å². The van der Waals surface area contributed by atoms with Gasteiger partial charge in [-0.15, -0.1) is 0 Å². The third-order valence-electron chi connectivity index (χ3n) is 4.25. The molecule has 98 valence electrons. The Morgan fingerprint density at radius 2 is 2.18 bits per heavy atom. The number of amides is 1. The average Bonchev–Trinajstić information content (AvgIpc) is 2.63. The number of rotatable bonds is 1. The van der Waals surface area contributed by atoms with Crippen molar-refractivity contribution in [1.29, 1.82) is 0 Å². The van der Waals surface area contributed by atoms with Gasteiger partial charge in [0.05, 0.1) is 18.6 Å². The molecule has 2 aliphatic heterocycles. The summed E-state index contributed by atoms with van der Waals surface area (Å²) in [5, 5.41) is 0. The zero-order chi connectivity index (χ0) is 12.6. The standard InChI is InChI=1S/C12H23N3O2/c1-9-6-15(5-4-14(9)3)11(16)12(2)8-17-7-10(12)13/h9-10H,4-8,13H2,1-3H3. The molecular weight excluding hydrogens is 218 g/mol. The van der Waals surface area contributed by atoms with Crippen LogP contribution >= 0.6 is 0 Å². The number of nitrogens with zero attached hydrogens (tertiary/aromatic N) is 2. The van der Waals surface area contributed by atoms with Gasteiger partial charge in [-0.2, -0.15) is 0 Å². The van der Waals surface area contributed by atoms with Crippen LogP contribution in [0.1, 0.15) is 13.8 Å². The fourth-order valence-electron chi connectivity index (χ4n) is 2.50. The van der Waals surface area contributed by atoms with Crippen LogP contribution in [0.15, 0.2) is 0 Å². The number of hydrogen-bond donors (Lipinski definition) is 1. The Kier molecular flexibility index (Phi) is 3.43. The number of piperazine rings is 1. The van der Waals surface area contributed by atoms with E-state index in [0.29, 0.717) is 19.3 Å². The number of carbonyl (C=O) groups excluding carboxylic acids is 1. The van der Waals surface area contributed by atoms with Crippen LogP contribution in [0.4, 0.5) is 0 Å². The van der Waals surface area contributed by atoms with E-state index in [-0.39, 0.29) is 11.9 Å². The largest absolute Gasteiger partial charge is 0.379 e. The molecule has 0 saturated carbocycles. The monoisotopic (exact) mass is 241 g/mol. The van der Waals surface area contributed by atoms with Crippen molar-refractivity contribution in [3.63, 3.8) is 0 Å². The molecule has 2 saturated heterocycles. The van der Waals surface area contributed by atoms with Crippen molar-refractivity contribution in [2.24, 2.45) is 11.1 Å². The number of hydrogen-bond acceptors (Lipinski definition) is 4. The number of likely N-dealkylation sites (N-methyl/N-ethyl adjacent to an activating group) is 1. The molecule has 2 N–H and O–H groups in total. The van der Waals surface area contributed by atoms with Gasteiger partial charge < -0.3 is 20.3 Å². The van der Waals surface area contributed by atoms with Crippen LogP contribution in [0.2, 0.25) is 0 Å². The molecule has 2 rings (SSSR count). The number of carbonyl (C=O) groups is 1. The van der Waals surface area contributed by atoms with Crippen LogP contribution in [-0.4, -0.2) is 67.7 Å². The van der Waals surface area contributed by atoms with Gasteiger partial charge in [0, 0.05) is 31.7 Å². The molecule has 0 aromatic carbocycles. The Hall–Kier alpha value is -0.650. The highest BCUT2D eigenvalue weighted by Gasteiger charge is 2.47. The first kappa shape index (κ1) is 12.8. The van der Waals surface area contributed by atoms with Gasteiger partial charge in [0.25, 0.3) is 0 Å². The molecule has 2 heterocycles. The van der Waals surface area contributed by atoms with Crippen LogP contribution in [0.25, 0.3) is 0 Å². The Balaban J connectivity index is 2.05. The normalized spacial score (nSPS) is 39.6. The summed E-state index contributed by atoms with van der Waals surface area (Å²) in [6, 6.07) is 0.236. The number of ether oxygens (including phenoxy) is 1. The smallest absolute Gasteiger partial charge is 0.232 e. The Morgan fingerprint density at radius 3 is 2.71 bits per heavy atom. The zero-order valence-corrected chi connectivity index (χ0v) is 11.0. The summed E-state index contributed by atoms with van der Waals surface area (Å²) in [5.41, 5.74) is 5.47. The molecule has 2 aliphatic rings. The molecule has 0 aromatic rings. The van der Waals surface area contributed by atoms with Crippen LogP contribution in [0.3, 0.4) is 0 Å². The van der Waals surface area contributed by atoms with Gasteiger partial charge in [0.15, 0.2) is 0 Å².